The largest absolute Gasteiger partial charge is 0.146 e. The molecule has 0 aliphatic heterocycles. The van der Waals surface area contributed by atoms with E-state index in [1.54, 1.807) is 0 Å². The van der Waals surface area contributed by atoms with E-state index in [-0.39, 0.29) is 0 Å². The van der Waals surface area contributed by atoms with Gasteiger partial charge in [-0.15, -0.1) is 11.3 Å². The van der Waals surface area contributed by atoms with E-state index < -0.39 is 0 Å². The quantitative estimate of drug-likeness (QED) is 0.622. The first-order chi connectivity index (χ1) is 7.66. The van der Waals surface area contributed by atoms with Gasteiger partial charge in [-0.25, -0.2) is 0 Å². The highest BCUT2D eigenvalue weighted by Gasteiger charge is 2.20. The molecule has 1 saturated carbocycles. The van der Waals surface area contributed by atoms with E-state index in [4.69, 9.17) is 0 Å². The zero-order chi connectivity index (χ0) is 11.5. The zero-order valence-corrected chi connectivity index (χ0v) is 12.7. The first-order valence-electron chi connectivity index (χ1n) is 6.38. The first kappa shape index (κ1) is 12.6. The van der Waals surface area contributed by atoms with Crippen molar-refractivity contribution in [3.05, 3.63) is 21.4 Å². The zero-order valence-electron chi connectivity index (χ0n) is 10.3. The van der Waals surface area contributed by atoms with Gasteiger partial charge in [0.2, 0.25) is 0 Å². The number of rotatable bonds is 3. The molecule has 1 unspecified atom stereocenters. The lowest BCUT2D eigenvalue weighted by molar-refractivity contribution is 0.338. The molecule has 0 N–H and O–H groups in total. The molecule has 1 aromatic rings. The van der Waals surface area contributed by atoms with E-state index in [1.165, 1.54) is 53.8 Å². The number of hydrogen-bond acceptors (Lipinski definition) is 1. The van der Waals surface area contributed by atoms with Crippen LogP contribution in [0.4, 0.5) is 0 Å². The highest BCUT2D eigenvalue weighted by atomic mass is 79.9. The van der Waals surface area contributed by atoms with Crippen molar-refractivity contribution in [3.8, 4) is 0 Å². The minimum Gasteiger partial charge on any atom is -0.146 e. The van der Waals surface area contributed by atoms with Gasteiger partial charge in [0.1, 0.15) is 0 Å². The van der Waals surface area contributed by atoms with Crippen molar-refractivity contribution >= 4 is 27.3 Å². The molecule has 0 saturated heterocycles. The SMILES string of the molecule is Cc1cc(C(Br)CC2CCCCC2)c(C)s1. The predicted molar refractivity (Wildman–Crippen MR) is 76.7 cm³/mol. The van der Waals surface area contributed by atoms with Crippen LogP contribution in [0.25, 0.3) is 0 Å². The van der Waals surface area contributed by atoms with Crippen LogP contribution >= 0.6 is 27.3 Å². The Kier molecular flexibility index (Phi) is 4.48. The molecule has 0 aromatic carbocycles. The predicted octanol–water partition coefficient (Wildman–Crippen LogP) is 5.77. The second kappa shape index (κ2) is 5.68. The van der Waals surface area contributed by atoms with Crippen molar-refractivity contribution in [2.45, 2.75) is 57.2 Å². The molecular weight excluding hydrogens is 280 g/mol. The van der Waals surface area contributed by atoms with E-state index in [0.717, 1.165) is 5.92 Å². The smallest absolute Gasteiger partial charge is 0.0408 e. The summed E-state index contributed by atoms with van der Waals surface area (Å²) in [6, 6.07) is 2.36. The third-order valence-corrected chi connectivity index (χ3v) is 5.53. The maximum absolute atomic E-state index is 3.89. The average Bonchev–Trinajstić information content (AvgIpc) is 2.59. The lowest BCUT2D eigenvalue weighted by Gasteiger charge is -2.23. The Morgan fingerprint density at radius 3 is 2.56 bits per heavy atom. The van der Waals surface area contributed by atoms with Gasteiger partial charge in [-0.2, -0.15) is 0 Å². The molecule has 0 bridgehead atoms. The fourth-order valence-electron chi connectivity index (χ4n) is 2.80. The van der Waals surface area contributed by atoms with Crippen LogP contribution in [0.2, 0.25) is 0 Å². The third kappa shape index (κ3) is 3.10. The van der Waals surface area contributed by atoms with Gasteiger partial charge in [-0.05, 0) is 37.8 Å². The molecule has 1 fully saturated rings. The molecule has 0 amide bonds. The summed E-state index contributed by atoms with van der Waals surface area (Å²) >= 11 is 5.82. The lowest BCUT2D eigenvalue weighted by atomic mass is 9.85. The summed E-state index contributed by atoms with van der Waals surface area (Å²) in [5, 5.41) is 0. The Labute approximate surface area is 112 Å². The fraction of sp³-hybridized carbons (Fsp3) is 0.714. The number of alkyl halides is 1. The number of thiophene rings is 1. The maximum atomic E-state index is 3.89. The van der Waals surface area contributed by atoms with Gasteiger partial charge >= 0.3 is 0 Å². The van der Waals surface area contributed by atoms with E-state index in [0.29, 0.717) is 4.83 Å². The number of halogens is 1. The summed E-state index contributed by atoms with van der Waals surface area (Å²) in [5.41, 5.74) is 1.54. The third-order valence-electron chi connectivity index (χ3n) is 3.68. The highest BCUT2D eigenvalue weighted by molar-refractivity contribution is 9.09. The van der Waals surface area contributed by atoms with Gasteiger partial charge in [0.15, 0.2) is 0 Å². The molecular formula is C14H21BrS. The van der Waals surface area contributed by atoms with Gasteiger partial charge in [0.25, 0.3) is 0 Å². The van der Waals surface area contributed by atoms with Crippen LogP contribution in [0.5, 0.6) is 0 Å². The van der Waals surface area contributed by atoms with Crippen LogP contribution in [0.1, 0.15) is 58.7 Å². The molecule has 1 aromatic heterocycles. The van der Waals surface area contributed by atoms with Crippen LogP contribution in [0.15, 0.2) is 6.07 Å². The Morgan fingerprint density at radius 2 is 2.00 bits per heavy atom. The van der Waals surface area contributed by atoms with Gasteiger partial charge in [-0.1, -0.05) is 48.0 Å². The van der Waals surface area contributed by atoms with E-state index in [1.807, 2.05) is 11.3 Å². The van der Waals surface area contributed by atoms with Crippen LogP contribution in [0, 0.1) is 19.8 Å². The van der Waals surface area contributed by atoms with Crippen LogP contribution < -0.4 is 0 Å². The Bertz CT molecular complexity index is 337. The van der Waals surface area contributed by atoms with Crippen molar-refractivity contribution in [1.29, 1.82) is 0 Å². The Balaban J connectivity index is 1.96. The molecule has 90 valence electrons. The Morgan fingerprint density at radius 1 is 1.31 bits per heavy atom. The van der Waals surface area contributed by atoms with Crippen molar-refractivity contribution in [3.63, 3.8) is 0 Å². The molecule has 2 heteroatoms. The van der Waals surface area contributed by atoms with Gasteiger partial charge in [-0.3, -0.25) is 0 Å². The van der Waals surface area contributed by atoms with Crippen molar-refractivity contribution in [1.82, 2.24) is 0 Å². The monoisotopic (exact) mass is 300 g/mol. The molecule has 0 spiro atoms. The minimum atomic E-state index is 0.584. The van der Waals surface area contributed by atoms with Gasteiger partial charge < -0.3 is 0 Å². The average molecular weight is 301 g/mol. The summed E-state index contributed by atoms with van der Waals surface area (Å²) in [6.45, 7) is 4.46. The minimum absolute atomic E-state index is 0.584. The van der Waals surface area contributed by atoms with Crippen LogP contribution in [0.3, 0.4) is 0 Å². The first-order valence-corrected chi connectivity index (χ1v) is 8.11. The summed E-state index contributed by atoms with van der Waals surface area (Å²) in [7, 11) is 0. The van der Waals surface area contributed by atoms with Crippen molar-refractivity contribution in [2.75, 3.05) is 0 Å². The van der Waals surface area contributed by atoms with E-state index >= 15 is 0 Å². The van der Waals surface area contributed by atoms with Gasteiger partial charge in [0.05, 0.1) is 0 Å². The summed E-state index contributed by atoms with van der Waals surface area (Å²) < 4.78 is 0. The molecule has 1 heterocycles. The second-order valence-corrected chi connectivity index (χ2v) is 7.64. The standard InChI is InChI=1S/C14H21BrS/c1-10-8-13(11(2)16-10)14(15)9-12-6-4-3-5-7-12/h8,12,14H,3-7,9H2,1-2H3. The second-order valence-electron chi connectivity index (χ2n) is 5.08. The molecule has 2 rings (SSSR count). The molecule has 16 heavy (non-hydrogen) atoms. The van der Waals surface area contributed by atoms with Crippen molar-refractivity contribution < 1.29 is 0 Å². The fourth-order valence-corrected chi connectivity index (χ4v) is 4.95. The molecule has 1 atom stereocenters. The van der Waals surface area contributed by atoms with Crippen LogP contribution in [-0.4, -0.2) is 0 Å². The van der Waals surface area contributed by atoms with Crippen molar-refractivity contribution in [2.24, 2.45) is 5.92 Å². The number of hydrogen-bond donors (Lipinski definition) is 0. The highest BCUT2D eigenvalue weighted by Crippen LogP contribution is 2.39. The number of aryl methyl sites for hydroxylation is 2. The summed E-state index contributed by atoms with van der Waals surface area (Å²) in [4.78, 5) is 3.52. The molecule has 1 aliphatic carbocycles. The molecule has 1 aliphatic rings. The molecule has 0 nitrogen and oxygen atoms in total. The van der Waals surface area contributed by atoms with E-state index in [2.05, 4.69) is 35.8 Å². The lowest BCUT2D eigenvalue weighted by Crippen LogP contribution is -2.08. The maximum Gasteiger partial charge on any atom is 0.0408 e. The molecule has 0 radical (unpaired) electrons. The topological polar surface area (TPSA) is 0 Å². The normalized spacial score (nSPS) is 19.9. The van der Waals surface area contributed by atoms with E-state index in [9.17, 15) is 0 Å². The summed E-state index contributed by atoms with van der Waals surface area (Å²) in [5.74, 6) is 0.956. The van der Waals surface area contributed by atoms with Gasteiger partial charge in [0, 0.05) is 14.6 Å². The van der Waals surface area contributed by atoms with Crippen LogP contribution in [-0.2, 0) is 0 Å². The summed E-state index contributed by atoms with van der Waals surface area (Å²) in [6.07, 6.45) is 8.59. The Hall–Kier alpha value is 0.180.